The maximum Gasteiger partial charge on any atom is 0.118 e. The first-order chi connectivity index (χ1) is 16.5. The molecule has 2 aromatic rings. The number of aliphatic hydroxyl groups is 1. The molecular formula is C32H41ClO. The molecule has 2 aliphatic rings. The summed E-state index contributed by atoms with van der Waals surface area (Å²) in [6.45, 7) is 6.61. The quantitative estimate of drug-likeness (QED) is 0.338. The van der Waals surface area contributed by atoms with Crippen molar-refractivity contribution in [3.63, 3.8) is 0 Å². The van der Waals surface area contributed by atoms with Gasteiger partial charge in [0, 0.05) is 10.6 Å². The largest absolute Gasteiger partial charge is 0.508 e. The number of halogens is 1. The SMILES string of the molecule is CCCC/C(C(O)=C1CCC1)=C(/c1ccc(C)c(CCCC2CCC2)c1)c1ccc(Cl)cc1C. The summed E-state index contributed by atoms with van der Waals surface area (Å²) in [6, 6.07) is 13.1. The zero-order valence-electron chi connectivity index (χ0n) is 21.4. The Morgan fingerprint density at radius 3 is 2.38 bits per heavy atom. The molecule has 0 amide bonds. The van der Waals surface area contributed by atoms with E-state index in [0.29, 0.717) is 5.76 Å². The van der Waals surface area contributed by atoms with Crippen molar-refractivity contribution in [1.29, 1.82) is 0 Å². The molecule has 2 aromatic carbocycles. The lowest BCUT2D eigenvalue weighted by molar-refractivity contribution is 0.290. The Balaban J connectivity index is 1.80. The van der Waals surface area contributed by atoms with Crippen LogP contribution in [0.3, 0.4) is 0 Å². The molecule has 2 heteroatoms. The van der Waals surface area contributed by atoms with Gasteiger partial charge in [-0.3, -0.25) is 0 Å². The summed E-state index contributed by atoms with van der Waals surface area (Å²) in [5, 5.41) is 12.2. The van der Waals surface area contributed by atoms with Crippen LogP contribution in [0.15, 0.2) is 53.3 Å². The average Bonchev–Trinajstić information content (AvgIpc) is 2.74. The summed E-state index contributed by atoms with van der Waals surface area (Å²) in [6.07, 6.45) is 14.4. The molecule has 0 aromatic heterocycles. The average molecular weight is 477 g/mol. The zero-order valence-corrected chi connectivity index (χ0v) is 22.1. The molecular weight excluding hydrogens is 436 g/mol. The first-order valence-corrected chi connectivity index (χ1v) is 13.9. The Kier molecular flexibility index (Phi) is 8.59. The predicted octanol–water partition coefficient (Wildman–Crippen LogP) is 10.1. The third kappa shape index (κ3) is 5.80. The molecule has 0 radical (unpaired) electrons. The third-order valence-corrected chi connectivity index (χ3v) is 8.27. The van der Waals surface area contributed by atoms with Gasteiger partial charge in [0.25, 0.3) is 0 Å². The second-order valence-electron chi connectivity index (χ2n) is 10.6. The third-order valence-electron chi connectivity index (χ3n) is 8.04. The van der Waals surface area contributed by atoms with Crippen molar-refractivity contribution in [2.45, 2.75) is 97.8 Å². The minimum absolute atomic E-state index is 0.552. The lowest BCUT2D eigenvalue weighted by Gasteiger charge is -2.25. The molecule has 0 bridgehead atoms. The Bertz CT molecular complexity index is 1060. The molecule has 182 valence electrons. The highest BCUT2D eigenvalue weighted by molar-refractivity contribution is 6.30. The molecule has 0 saturated heterocycles. The van der Waals surface area contributed by atoms with Gasteiger partial charge in [-0.2, -0.15) is 0 Å². The highest BCUT2D eigenvalue weighted by atomic mass is 35.5. The topological polar surface area (TPSA) is 20.2 Å². The molecule has 2 saturated carbocycles. The standard InChI is InChI=1S/C32H41ClO/c1-4-5-15-30(32(34)25-12-8-13-25)31(29-19-18-28(33)20-23(29)3)27-17-16-22(2)26(21-27)14-7-11-24-9-6-10-24/h16-21,24,34H,4-15H2,1-3H3/b31-30+. The Hall–Kier alpha value is -1.99. The van der Waals surface area contributed by atoms with Crippen LogP contribution in [-0.2, 0) is 6.42 Å². The number of aliphatic hydroxyl groups excluding tert-OH is 1. The van der Waals surface area contributed by atoms with Crippen molar-refractivity contribution in [1.82, 2.24) is 0 Å². The maximum absolute atomic E-state index is 11.4. The van der Waals surface area contributed by atoms with E-state index in [4.69, 9.17) is 11.6 Å². The molecule has 34 heavy (non-hydrogen) atoms. The lowest BCUT2D eigenvalue weighted by Crippen LogP contribution is -2.11. The van der Waals surface area contributed by atoms with Gasteiger partial charge in [0.05, 0.1) is 0 Å². The van der Waals surface area contributed by atoms with Crippen LogP contribution < -0.4 is 0 Å². The normalized spacial score (nSPS) is 16.6. The number of allylic oxidation sites excluding steroid dienone is 2. The van der Waals surface area contributed by atoms with Gasteiger partial charge >= 0.3 is 0 Å². The fraction of sp³-hybridized carbons (Fsp3) is 0.500. The van der Waals surface area contributed by atoms with E-state index in [-0.39, 0.29) is 0 Å². The molecule has 1 nitrogen and oxygen atoms in total. The molecule has 0 heterocycles. The van der Waals surface area contributed by atoms with Gasteiger partial charge in [0.1, 0.15) is 5.76 Å². The fourth-order valence-corrected chi connectivity index (χ4v) is 5.60. The summed E-state index contributed by atoms with van der Waals surface area (Å²) >= 11 is 6.35. The van der Waals surface area contributed by atoms with Crippen molar-refractivity contribution >= 4 is 17.2 Å². The van der Waals surface area contributed by atoms with E-state index in [0.717, 1.165) is 60.6 Å². The monoisotopic (exact) mass is 476 g/mol. The summed E-state index contributed by atoms with van der Waals surface area (Å²) in [5.74, 6) is 1.51. The van der Waals surface area contributed by atoms with E-state index < -0.39 is 0 Å². The van der Waals surface area contributed by atoms with Crippen LogP contribution >= 0.6 is 11.6 Å². The highest BCUT2D eigenvalue weighted by Crippen LogP contribution is 2.40. The smallest absolute Gasteiger partial charge is 0.118 e. The van der Waals surface area contributed by atoms with Crippen molar-refractivity contribution in [2.24, 2.45) is 5.92 Å². The van der Waals surface area contributed by atoms with E-state index >= 15 is 0 Å². The molecule has 2 aliphatic carbocycles. The van der Waals surface area contributed by atoms with E-state index in [1.165, 1.54) is 71.9 Å². The number of hydrogen-bond acceptors (Lipinski definition) is 1. The molecule has 0 atom stereocenters. The van der Waals surface area contributed by atoms with Crippen LogP contribution in [0.4, 0.5) is 0 Å². The Morgan fingerprint density at radius 1 is 0.971 bits per heavy atom. The second kappa shape index (κ2) is 11.6. The van der Waals surface area contributed by atoms with Crippen molar-refractivity contribution in [2.75, 3.05) is 0 Å². The second-order valence-corrected chi connectivity index (χ2v) is 11.0. The van der Waals surface area contributed by atoms with Crippen LogP contribution in [0, 0.1) is 19.8 Å². The first kappa shape index (κ1) is 25.1. The van der Waals surface area contributed by atoms with Crippen LogP contribution in [-0.4, -0.2) is 5.11 Å². The summed E-state index contributed by atoms with van der Waals surface area (Å²) in [5.41, 5.74) is 9.94. The van der Waals surface area contributed by atoms with Crippen LogP contribution in [0.25, 0.3) is 5.57 Å². The van der Waals surface area contributed by atoms with Crippen molar-refractivity contribution in [3.05, 3.63) is 86.1 Å². The highest BCUT2D eigenvalue weighted by Gasteiger charge is 2.23. The van der Waals surface area contributed by atoms with Gasteiger partial charge < -0.3 is 5.11 Å². The first-order valence-electron chi connectivity index (χ1n) is 13.5. The number of hydrogen-bond donors (Lipinski definition) is 1. The molecule has 1 N–H and O–H groups in total. The van der Waals surface area contributed by atoms with Gasteiger partial charge in [-0.05, 0) is 116 Å². The zero-order chi connectivity index (χ0) is 24.1. The maximum atomic E-state index is 11.4. The number of rotatable bonds is 10. The Morgan fingerprint density at radius 2 is 1.76 bits per heavy atom. The number of benzene rings is 2. The molecule has 0 aliphatic heterocycles. The molecule has 2 fully saturated rings. The number of unbranched alkanes of at least 4 members (excludes halogenated alkanes) is 1. The van der Waals surface area contributed by atoms with Gasteiger partial charge in [-0.25, -0.2) is 0 Å². The predicted molar refractivity (Wildman–Crippen MR) is 147 cm³/mol. The molecule has 0 unspecified atom stereocenters. The molecule has 4 rings (SSSR count). The van der Waals surface area contributed by atoms with E-state index in [1.807, 2.05) is 6.07 Å². The van der Waals surface area contributed by atoms with Gasteiger partial charge in [-0.1, -0.05) is 74.9 Å². The fourth-order valence-electron chi connectivity index (χ4n) is 5.38. The van der Waals surface area contributed by atoms with Crippen LogP contribution in [0.1, 0.15) is 105 Å². The minimum Gasteiger partial charge on any atom is -0.508 e. The molecule has 0 spiro atoms. The van der Waals surface area contributed by atoms with Gasteiger partial charge in [-0.15, -0.1) is 0 Å². The Labute approximate surface area is 211 Å². The summed E-state index contributed by atoms with van der Waals surface area (Å²) in [4.78, 5) is 0. The summed E-state index contributed by atoms with van der Waals surface area (Å²) < 4.78 is 0. The van der Waals surface area contributed by atoms with Crippen LogP contribution in [0.5, 0.6) is 0 Å². The van der Waals surface area contributed by atoms with E-state index in [2.05, 4.69) is 51.1 Å². The minimum atomic E-state index is 0.552. The van der Waals surface area contributed by atoms with Crippen LogP contribution in [0.2, 0.25) is 5.02 Å². The number of aryl methyl sites for hydroxylation is 3. The van der Waals surface area contributed by atoms with E-state index in [1.54, 1.807) is 0 Å². The van der Waals surface area contributed by atoms with Crippen molar-refractivity contribution in [3.8, 4) is 0 Å². The van der Waals surface area contributed by atoms with E-state index in [9.17, 15) is 5.11 Å². The van der Waals surface area contributed by atoms with Gasteiger partial charge in [0.15, 0.2) is 0 Å². The summed E-state index contributed by atoms with van der Waals surface area (Å²) in [7, 11) is 0. The van der Waals surface area contributed by atoms with Crippen molar-refractivity contribution < 1.29 is 5.11 Å². The van der Waals surface area contributed by atoms with Gasteiger partial charge in [0.2, 0.25) is 0 Å². The lowest BCUT2D eigenvalue weighted by atomic mass is 9.81.